The van der Waals surface area contributed by atoms with Crippen molar-refractivity contribution >= 4 is 22.7 Å². The molecule has 3 nitrogen and oxygen atoms in total. The lowest BCUT2D eigenvalue weighted by Crippen LogP contribution is -2.20. The molecule has 0 saturated carbocycles. The van der Waals surface area contributed by atoms with Crippen LogP contribution in [0.25, 0.3) is 0 Å². The molecule has 1 atom stereocenters. The standard InChI is InChI=1S/C11H14N2OS2/c1-8-13-5-10(16-8)4-12-6-11(14)9-2-3-15-7-9/h2-3,5,7,11-12,14H,4,6H2,1H3. The summed E-state index contributed by atoms with van der Waals surface area (Å²) in [6.45, 7) is 3.34. The number of rotatable bonds is 5. The van der Waals surface area contributed by atoms with Crippen LogP contribution in [0.5, 0.6) is 0 Å². The third-order valence-electron chi connectivity index (χ3n) is 2.23. The molecule has 0 spiro atoms. The average Bonchev–Trinajstić information content (AvgIpc) is 2.89. The summed E-state index contributed by atoms with van der Waals surface area (Å²) in [5.74, 6) is 0. The fraction of sp³-hybridized carbons (Fsp3) is 0.364. The first-order valence-electron chi connectivity index (χ1n) is 5.08. The minimum Gasteiger partial charge on any atom is -0.387 e. The first-order chi connectivity index (χ1) is 7.75. The Labute approximate surface area is 103 Å². The Morgan fingerprint density at radius 2 is 2.44 bits per heavy atom. The number of hydrogen-bond donors (Lipinski definition) is 2. The summed E-state index contributed by atoms with van der Waals surface area (Å²) in [6.07, 6.45) is 1.46. The largest absolute Gasteiger partial charge is 0.387 e. The second-order valence-corrected chi connectivity index (χ2v) is 5.65. The van der Waals surface area contributed by atoms with E-state index in [-0.39, 0.29) is 0 Å². The Morgan fingerprint density at radius 1 is 1.56 bits per heavy atom. The quantitative estimate of drug-likeness (QED) is 0.861. The minimum absolute atomic E-state index is 0.416. The molecule has 0 bridgehead atoms. The average molecular weight is 254 g/mol. The van der Waals surface area contributed by atoms with Gasteiger partial charge in [0.05, 0.1) is 11.1 Å². The zero-order valence-corrected chi connectivity index (χ0v) is 10.6. The van der Waals surface area contributed by atoms with E-state index in [1.165, 1.54) is 4.88 Å². The molecule has 0 aliphatic carbocycles. The maximum absolute atomic E-state index is 9.82. The fourth-order valence-corrected chi connectivity index (χ4v) is 2.87. The Balaban J connectivity index is 1.76. The van der Waals surface area contributed by atoms with Gasteiger partial charge in [0.25, 0.3) is 0 Å². The summed E-state index contributed by atoms with van der Waals surface area (Å²) in [6, 6.07) is 1.95. The van der Waals surface area contributed by atoms with Gasteiger partial charge in [0.1, 0.15) is 0 Å². The van der Waals surface area contributed by atoms with Crippen LogP contribution in [0.3, 0.4) is 0 Å². The predicted octanol–water partition coefficient (Wildman–Crippen LogP) is 2.34. The van der Waals surface area contributed by atoms with Gasteiger partial charge in [0, 0.05) is 24.2 Å². The molecular weight excluding hydrogens is 240 g/mol. The lowest BCUT2D eigenvalue weighted by Gasteiger charge is -2.09. The molecular formula is C11H14N2OS2. The third-order valence-corrected chi connectivity index (χ3v) is 3.85. The summed E-state index contributed by atoms with van der Waals surface area (Å²) < 4.78 is 0. The van der Waals surface area contributed by atoms with Crippen LogP contribution in [0.2, 0.25) is 0 Å². The van der Waals surface area contributed by atoms with Crippen molar-refractivity contribution in [2.75, 3.05) is 6.54 Å². The van der Waals surface area contributed by atoms with Crippen molar-refractivity contribution in [1.82, 2.24) is 10.3 Å². The van der Waals surface area contributed by atoms with Crippen molar-refractivity contribution in [2.24, 2.45) is 0 Å². The van der Waals surface area contributed by atoms with Crippen LogP contribution in [0.4, 0.5) is 0 Å². The highest BCUT2D eigenvalue weighted by Gasteiger charge is 2.07. The molecule has 86 valence electrons. The van der Waals surface area contributed by atoms with Crippen LogP contribution in [-0.4, -0.2) is 16.6 Å². The molecule has 2 aromatic heterocycles. The van der Waals surface area contributed by atoms with Crippen molar-refractivity contribution in [3.05, 3.63) is 38.5 Å². The second-order valence-electron chi connectivity index (χ2n) is 3.55. The van der Waals surface area contributed by atoms with Crippen LogP contribution < -0.4 is 5.32 Å². The van der Waals surface area contributed by atoms with Gasteiger partial charge in [-0.2, -0.15) is 11.3 Å². The molecule has 0 aromatic carbocycles. The van der Waals surface area contributed by atoms with Crippen molar-refractivity contribution in [3.8, 4) is 0 Å². The molecule has 0 radical (unpaired) electrons. The molecule has 2 heterocycles. The van der Waals surface area contributed by atoms with E-state index in [1.54, 1.807) is 22.7 Å². The summed E-state index contributed by atoms with van der Waals surface area (Å²) in [4.78, 5) is 5.39. The topological polar surface area (TPSA) is 45.2 Å². The first-order valence-corrected chi connectivity index (χ1v) is 6.84. The van der Waals surface area contributed by atoms with E-state index >= 15 is 0 Å². The van der Waals surface area contributed by atoms with E-state index in [4.69, 9.17) is 0 Å². The van der Waals surface area contributed by atoms with Crippen molar-refractivity contribution in [1.29, 1.82) is 0 Å². The van der Waals surface area contributed by atoms with Crippen LogP contribution >= 0.6 is 22.7 Å². The molecule has 0 saturated heterocycles. The highest BCUT2D eigenvalue weighted by Crippen LogP contribution is 2.16. The van der Waals surface area contributed by atoms with Gasteiger partial charge in [-0.15, -0.1) is 11.3 Å². The molecule has 2 aromatic rings. The number of thiazole rings is 1. The lowest BCUT2D eigenvalue weighted by molar-refractivity contribution is 0.175. The van der Waals surface area contributed by atoms with E-state index in [2.05, 4.69) is 10.3 Å². The monoisotopic (exact) mass is 254 g/mol. The Hall–Kier alpha value is -0.750. The highest BCUT2D eigenvalue weighted by molar-refractivity contribution is 7.11. The van der Waals surface area contributed by atoms with Gasteiger partial charge in [0.2, 0.25) is 0 Å². The summed E-state index contributed by atoms with van der Waals surface area (Å²) in [7, 11) is 0. The summed E-state index contributed by atoms with van der Waals surface area (Å²) in [5.41, 5.74) is 0.984. The summed E-state index contributed by atoms with van der Waals surface area (Å²) >= 11 is 3.29. The number of aryl methyl sites for hydroxylation is 1. The molecule has 1 unspecified atom stereocenters. The minimum atomic E-state index is -0.416. The van der Waals surface area contributed by atoms with Crippen molar-refractivity contribution in [3.63, 3.8) is 0 Å². The normalized spacial score (nSPS) is 12.9. The lowest BCUT2D eigenvalue weighted by atomic mass is 10.2. The molecule has 0 aliphatic heterocycles. The summed E-state index contributed by atoms with van der Waals surface area (Å²) in [5, 5.41) is 18.1. The Bertz CT molecular complexity index is 425. The van der Waals surface area contributed by atoms with E-state index in [0.717, 1.165) is 17.1 Å². The van der Waals surface area contributed by atoms with Crippen LogP contribution in [0.1, 0.15) is 21.6 Å². The molecule has 0 fully saturated rings. The highest BCUT2D eigenvalue weighted by atomic mass is 32.1. The first kappa shape index (κ1) is 11.7. The predicted molar refractivity (Wildman–Crippen MR) is 67.8 cm³/mol. The molecule has 0 amide bonds. The number of nitrogens with one attached hydrogen (secondary N) is 1. The van der Waals surface area contributed by atoms with E-state index in [0.29, 0.717) is 6.54 Å². The maximum atomic E-state index is 9.82. The smallest absolute Gasteiger partial charge is 0.0922 e. The van der Waals surface area contributed by atoms with Crippen LogP contribution in [0.15, 0.2) is 23.0 Å². The molecule has 5 heteroatoms. The Kier molecular flexibility index (Phi) is 4.06. The van der Waals surface area contributed by atoms with Gasteiger partial charge in [-0.25, -0.2) is 4.98 Å². The van der Waals surface area contributed by atoms with Gasteiger partial charge in [-0.3, -0.25) is 0 Å². The number of aromatic nitrogens is 1. The van der Waals surface area contributed by atoms with E-state index < -0.39 is 6.10 Å². The van der Waals surface area contributed by atoms with Gasteiger partial charge in [-0.1, -0.05) is 0 Å². The fourth-order valence-electron chi connectivity index (χ4n) is 1.40. The maximum Gasteiger partial charge on any atom is 0.0922 e. The van der Waals surface area contributed by atoms with E-state index in [1.807, 2.05) is 29.9 Å². The molecule has 16 heavy (non-hydrogen) atoms. The van der Waals surface area contributed by atoms with Crippen molar-refractivity contribution in [2.45, 2.75) is 19.6 Å². The van der Waals surface area contributed by atoms with Crippen LogP contribution in [-0.2, 0) is 6.54 Å². The molecule has 0 aliphatic rings. The van der Waals surface area contributed by atoms with Gasteiger partial charge >= 0.3 is 0 Å². The SMILES string of the molecule is Cc1ncc(CNCC(O)c2ccsc2)s1. The van der Waals surface area contributed by atoms with Gasteiger partial charge in [0.15, 0.2) is 0 Å². The zero-order valence-electron chi connectivity index (χ0n) is 9.01. The number of nitrogens with zero attached hydrogens (tertiary/aromatic N) is 1. The Morgan fingerprint density at radius 3 is 3.06 bits per heavy atom. The third kappa shape index (κ3) is 3.12. The van der Waals surface area contributed by atoms with E-state index in [9.17, 15) is 5.11 Å². The molecule has 2 N–H and O–H groups in total. The van der Waals surface area contributed by atoms with Gasteiger partial charge < -0.3 is 10.4 Å². The van der Waals surface area contributed by atoms with Crippen molar-refractivity contribution < 1.29 is 5.11 Å². The second kappa shape index (κ2) is 5.54. The van der Waals surface area contributed by atoms with Crippen LogP contribution in [0, 0.1) is 6.92 Å². The number of hydrogen-bond acceptors (Lipinski definition) is 5. The number of thiophene rings is 1. The zero-order chi connectivity index (χ0) is 11.4. The number of aliphatic hydroxyl groups is 1. The van der Waals surface area contributed by atoms with Gasteiger partial charge in [-0.05, 0) is 29.3 Å². The number of aliphatic hydroxyl groups excluding tert-OH is 1. The molecule has 2 rings (SSSR count).